The number of Topliss-reactive ketones (excluding diaryl/α,β-unsaturated/α-hetero) is 1. The zero-order valence-electron chi connectivity index (χ0n) is 11.2. The van der Waals surface area contributed by atoms with Crippen molar-refractivity contribution in [3.8, 4) is 0 Å². The molecule has 0 heterocycles. The lowest BCUT2D eigenvalue weighted by Crippen LogP contribution is -2.41. The number of ketones is 1. The molecule has 2 unspecified atom stereocenters. The highest BCUT2D eigenvalue weighted by Gasteiger charge is 2.34. The van der Waals surface area contributed by atoms with Crippen LogP contribution in [0.5, 0.6) is 0 Å². The number of rotatable bonds is 3. The van der Waals surface area contributed by atoms with E-state index in [0.29, 0.717) is 11.7 Å². The third-order valence-electron chi connectivity index (χ3n) is 5.01. The van der Waals surface area contributed by atoms with E-state index in [-0.39, 0.29) is 12.0 Å². The number of nitrogens with two attached hydrogens (primary N) is 1. The molecule has 0 saturated heterocycles. The maximum absolute atomic E-state index is 12.5. The van der Waals surface area contributed by atoms with Gasteiger partial charge in [-0.05, 0) is 44.4 Å². The van der Waals surface area contributed by atoms with Crippen molar-refractivity contribution in [1.82, 2.24) is 0 Å². The Hall–Kier alpha value is -0.370. The van der Waals surface area contributed by atoms with Crippen LogP contribution in [0.25, 0.3) is 0 Å². The lowest BCUT2D eigenvalue weighted by molar-refractivity contribution is -0.129. The Morgan fingerprint density at radius 3 is 2.29 bits per heavy atom. The van der Waals surface area contributed by atoms with Crippen molar-refractivity contribution in [1.29, 1.82) is 0 Å². The van der Waals surface area contributed by atoms with Crippen molar-refractivity contribution in [2.45, 2.75) is 70.8 Å². The van der Waals surface area contributed by atoms with Crippen LogP contribution in [0, 0.1) is 17.8 Å². The summed E-state index contributed by atoms with van der Waals surface area (Å²) >= 11 is 0. The monoisotopic (exact) mass is 237 g/mol. The topological polar surface area (TPSA) is 43.1 Å². The average molecular weight is 237 g/mol. The second-order valence-electron chi connectivity index (χ2n) is 6.08. The van der Waals surface area contributed by atoms with Crippen molar-refractivity contribution < 1.29 is 4.79 Å². The summed E-state index contributed by atoms with van der Waals surface area (Å²) in [5.74, 6) is 1.91. The van der Waals surface area contributed by atoms with E-state index in [2.05, 4.69) is 6.92 Å². The van der Waals surface area contributed by atoms with Gasteiger partial charge in [0.05, 0.1) is 0 Å². The van der Waals surface area contributed by atoms with Gasteiger partial charge in [-0.15, -0.1) is 0 Å². The minimum Gasteiger partial charge on any atom is -0.327 e. The smallest absolute Gasteiger partial charge is 0.140 e. The minimum atomic E-state index is 0.153. The van der Waals surface area contributed by atoms with Crippen LogP contribution in [0.3, 0.4) is 0 Å². The molecule has 17 heavy (non-hydrogen) atoms. The molecule has 2 fully saturated rings. The fourth-order valence-corrected chi connectivity index (χ4v) is 3.67. The van der Waals surface area contributed by atoms with Gasteiger partial charge in [0, 0.05) is 17.9 Å². The van der Waals surface area contributed by atoms with Crippen LogP contribution < -0.4 is 5.73 Å². The highest BCUT2D eigenvalue weighted by atomic mass is 16.1. The molecule has 2 nitrogen and oxygen atoms in total. The van der Waals surface area contributed by atoms with E-state index >= 15 is 0 Å². The van der Waals surface area contributed by atoms with Crippen LogP contribution in [-0.4, -0.2) is 11.8 Å². The van der Waals surface area contributed by atoms with E-state index < -0.39 is 0 Å². The standard InChI is InChI=1S/C15H27NO/c1-2-11-7-9-12(10-8-11)15(17)13-5-3-4-6-14(13)16/h11-14H,2-10,16H2,1H3. The molecule has 2 atom stereocenters. The molecule has 2 heteroatoms. The van der Waals surface area contributed by atoms with E-state index in [1.54, 1.807) is 0 Å². The van der Waals surface area contributed by atoms with Gasteiger partial charge >= 0.3 is 0 Å². The van der Waals surface area contributed by atoms with Gasteiger partial charge in [-0.2, -0.15) is 0 Å². The summed E-state index contributed by atoms with van der Waals surface area (Å²) in [5.41, 5.74) is 6.12. The molecule has 98 valence electrons. The fraction of sp³-hybridized carbons (Fsp3) is 0.933. The Morgan fingerprint density at radius 2 is 1.71 bits per heavy atom. The van der Waals surface area contributed by atoms with Crippen molar-refractivity contribution in [3.63, 3.8) is 0 Å². The fourth-order valence-electron chi connectivity index (χ4n) is 3.67. The molecule has 0 aromatic heterocycles. The van der Waals surface area contributed by atoms with E-state index in [0.717, 1.165) is 31.6 Å². The van der Waals surface area contributed by atoms with Crippen molar-refractivity contribution in [2.24, 2.45) is 23.5 Å². The molecule has 0 radical (unpaired) electrons. The van der Waals surface area contributed by atoms with Gasteiger partial charge in [0.1, 0.15) is 5.78 Å². The summed E-state index contributed by atoms with van der Waals surface area (Å²) in [6.45, 7) is 2.27. The van der Waals surface area contributed by atoms with Crippen LogP contribution in [0.4, 0.5) is 0 Å². The molecular formula is C15H27NO. The van der Waals surface area contributed by atoms with E-state index in [1.165, 1.54) is 32.1 Å². The van der Waals surface area contributed by atoms with Gasteiger partial charge in [-0.1, -0.05) is 26.2 Å². The molecule has 2 rings (SSSR count). The third kappa shape index (κ3) is 3.09. The first-order valence-corrected chi connectivity index (χ1v) is 7.51. The van der Waals surface area contributed by atoms with Crippen LogP contribution in [0.1, 0.15) is 64.7 Å². The summed E-state index contributed by atoms with van der Waals surface area (Å²) in [7, 11) is 0. The number of hydrogen-bond donors (Lipinski definition) is 1. The summed E-state index contributed by atoms with van der Waals surface area (Å²) in [6, 6.07) is 0.153. The maximum Gasteiger partial charge on any atom is 0.140 e. The van der Waals surface area contributed by atoms with Crippen LogP contribution in [-0.2, 0) is 4.79 Å². The van der Waals surface area contributed by atoms with Gasteiger partial charge in [-0.25, -0.2) is 0 Å². The van der Waals surface area contributed by atoms with Gasteiger partial charge in [0.25, 0.3) is 0 Å². The van der Waals surface area contributed by atoms with Crippen LogP contribution in [0.15, 0.2) is 0 Å². The van der Waals surface area contributed by atoms with E-state index in [4.69, 9.17) is 5.73 Å². The minimum absolute atomic E-state index is 0.153. The van der Waals surface area contributed by atoms with E-state index in [1.807, 2.05) is 0 Å². The van der Waals surface area contributed by atoms with Crippen LogP contribution in [0.2, 0.25) is 0 Å². The summed E-state index contributed by atoms with van der Waals surface area (Å²) < 4.78 is 0. The van der Waals surface area contributed by atoms with Crippen LogP contribution >= 0.6 is 0 Å². The van der Waals surface area contributed by atoms with Crippen molar-refractivity contribution >= 4 is 5.78 Å². The molecule has 0 aromatic rings. The second-order valence-corrected chi connectivity index (χ2v) is 6.08. The van der Waals surface area contributed by atoms with Gasteiger partial charge in [-0.3, -0.25) is 4.79 Å². The average Bonchev–Trinajstić information content (AvgIpc) is 2.39. The molecule has 0 bridgehead atoms. The number of hydrogen-bond acceptors (Lipinski definition) is 2. The zero-order valence-corrected chi connectivity index (χ0v) is 11.2. The van der Waals surface area contributed by atoms with Gasteiger partial charge in [0.15, 0.2) is 0 Å². The predicted octanol–water partition coefficient (Wildman–Crippen LogP) is 3.29. The summed E-state index contributed by atoms with van der Waals surface area (Å²) in [6.07, 6.45) is 10.6. The molecule has 2 aliphatic rings. The van der Waals surface area contributed by atoms with Gasteiger partial charge in [0.2, 0.25) is 0 Å². The normalized spacial score (nSPS) is 38.9. The SMILES string of the molecule is CCC1CCC(C(=O)C2CCCCC2N)CC1. The lowest BCUT2D eigenvalue weighted by atomic mass is 9.72. The van der Waals surface area contributed by atoms with Gasteiger partial charge < -0.3 is 5.73 Å². The third-order valence-corrected chi connectivity index (χ3v) is 5.01. The number of carbonyl (C=O) groups excluding carboxylic acids is 1. The molecule has 2 saturated carbocycles. The first-order chi connectivity index (χ1) is 8.22. The first kappa shape index (κ1) is 13.1. The Labute approximate surface area is 105 Å². The predicted molar refractivity (Wildman–Crippen MR) is 70.7 cm³/mol. The quantitative estimate of drug-likeness (QED) is 0.818. The molecule has 0 amide bonds. The Bertz CT molecular complexity index is 256. The molecule has 2 N–H and O–H groups in total. The maximum atomic E-state index is 12.5. The lowest BCUT2D eigenvalue weighted by Gasteiger charge is -2.33. The van der Waals surface area contributed by atoms with Crippen molar-refractivity contribution in [3.05, 3.63) is 0 Å². The molecule has 0 spiro atoms. The molecule has 0 aliphatic heterocycles. The summed E-state index contributed by atoms with van der Waals surface area (Å²) in [5, 5.41) is 0. The highest BCUT2D eigenvalue weighted by molar-refractivity contribution is 5.84. The second kappa shape index (κ2) is 5.99. The first-order valence-electron chi connectivity index (χ1n) is 7.51. The Balaban J connectivity index is 1.87. The van der Waals surface area contributed by atoms with Crippen molar-refractivity contribution in [2.75, 3.05) is 0 Å². The highest BCUT2D eigenvalue weighted by Crippen LogP contribution is 2.35. The number of carbonyl (C=O) groups is 1. The zero-order chi connectivity index (χ0) is 12.3. The molecule has 0 aromatic carbocycles. The largest absolute Gasteiger partial charge is 0.327 e. The van der Waals surface area contributed by atoms with E-state index in [9.17, 15) is 4.79 Å². The summed E-state index contributed by atoms with van der Waals surface area (Å²) in [4.78, 5) is 12.5. The molecular weight excluding hydrogens is 210 g/mol. The Morgan fingerprint density at radius 1 is 1.06 bits per heavy atom. The molecule has 2 aliphatic carbocycles. The Kier molecular flexibility index (Phi) is 4.61.